The number of rotatable bonds is 29. The second-order valence-corrected chi connectivity index (χ2v) is 17.1. The first-order chi connectivity index (χ1) is 29.3. The number of ether oxygens (including phenoxy) is 1. The minimum atomic E-state index is -1.10. The zero-order valence-electron chi connectivity index (χ0n) is 35.4. The lowest BCUT2D eigenvalue weighted by molar-refractivity contribution is -0.138. The van der Waals surface area contributed by atoms with E-state index in [-0.39, 0.29) is 55.2 Å². The largest absolute Gasteiger partial charge is 0.480 e. The lowest BCUT2D eigenvalue weighted by Gasteiger charge is -2.35. The number of aromatic nitrogens is 3. The molecule has 3 aromatic rings. The minimum Gasteiger partial charge on any atom is -0.480 e. The zero-order valence-corrected chi connectivity index (χ0v) is 37.0. The number of nitrogens with one attached hydrogen (secondary N) is 1. The number of hydrogen-bond acceptors (Lipinski definition) is 16. The van der Waals surface area contributed by atoms with Crippen LogP contribution in [0.4, 0.5) is 11.8 Å². The predicted octanol–water partition coefficient (Wildman–Crippen LogP) is 2.44. The number of ketones is 1. The third kappa shape index (κ3) is 17.1. The van der Waals surface area contributed by atoms with E-state index in [2.05, 4.69) is 62.0 Å². The average molecular weight is 886 g/mol. The number of carboxylic acid groups (broad SMARTS) is 1. The highest BCUT2D eigenvalue weighted by Crippen LogP contribution is 2.25. The van der Waals surface area contributed by atoms with E-state index in [1.165, 1.54) is 40.2 Å². The fourth-order valence-corrected chi connectivity index (χ4v) is 8.47. The number of fused-ring (bicyclic) bond motifs is 1. The van der Waals surface area contributed by atoms with Crippen LogP contribution in [0.25, 0.3) is 11.0 Å². The van der Waals surface area contributed by atoms with Gasteiger partial charge in [0.05, 0.1) is 30.3 Å². The standard InChI is InChI=1S/C41H63N11O7S2/c1-3-4-5-12-46-39-37-35(47-41(45)48-39)10-13-52(37)22-30-9-8-29(20-28(30)2)21-50-14-16-51(17-15-50)36(54)11-19-58-18-6-7-32(53)23-59-49-31(24-60-26-33(42)38(44)55)25-61-27-34(43)40(56)57/h8-10,13,20,33-34H,3-7,11-12,14-19,21-27,42-43H2,1-2H3,(H2,44,55)(H,56,57)(H3,45,46,47,48)/t33-,34-/m0/s1. The molecule has 1 fully saturated rings. The van der Waals surface area contributed by atoms with Crippen molar-refractivity contribution in [2.24, 2.45) is 22.4 Å². The topological polar surface area (TPSA) is 273 Å². The van der Waals surface area contributed by atoms with Crippen LogP contribution in [0.3, 0.4) is 0 Å². The molecule has 3 heterocycles. The maximum absolute atomic E-state index is 12.9. The Kier molecular flexibility index (Phi) is 21.1. The molecule has 10 N–H and O–H groups in total. The van der Waals surface area contributed by atoms with E-state index in [9.17, 15) is 19.2 Å². The van der Waals surface area contributed by atoms with Crippen LogP contribution in [-0.2, 0) is 41.8 Å². The van der Waals surface area contributed by atoms with E-state index >= 15 is 0 Å². The number of oxime groups is 1. The number of carboxylic acids is 1. The number of amides is 2. The van der Waals surface area contributed by atoms with Crippen molar-refractivity contribution in [2.45, 2.75) is 77.5 Å². The fraction of sp³-hybridized carbons (Fsp3) is 0.585. The summed E-state index contributed by atoms with van der Waals surface area (Å²) in [5, 5.41) is 16.5. The lowest BCUT2D eigenvalue weighted by Crippen LogP contribution is -2.48. The summed E-state index contributed by atoms with van der Waals surface area (Å²) in [6.45, 7) is 9.93. The van der Waals surface area contributed by atoms with Gasteiger partial charge in [-0.15, -0.1) is 0 Å². The Balaban J connectivity index is 1.11. The summed E-state index contributed by atoms with van der Waals surface area (Å²) in [4.78, 5) is 66.0. The Morgan fingerprint density at radius 3 is 2.38 bits per heavy atom. The van der Waals surface area contributed by atoms with E-state index in [0.29, 0.717) is 49.9 Å². The van der Waals surface area contributed by atoms with Gasteiger partial charge >= 0.3 is 5.97 Å². The molecule has 0 radical (unpaired) electrons. The molecule has 0 bridgehead atoms. The van der Waals surface area contributed by atoms with Crippen molar-refractivity contribution in [3.8, 4) is 0 Å². The number of benzene rings is 1. The predicted molar refractivity (Wildman–Crippen MR) is 243 cm³/mol. The number of aliphatic carboxylic acids is 1. The van der Waals surface area contributed by atoms with Gasteiger partial charge in [-0.25, -0.2) is 4.98 Å². The van der Waals surface area contributed by atoms with Gasteiger partial charge in [0.25, 0.3) is 0 Å². The number of carbonyl (C=O) groups is 4. The van der Waals surface area contributed by atoms with E-state index in [4.69, 9.17) is 37.6 Å². The molecule has 336 valence electrons. The van der Waals surface area contributed by atoms with Crippen molar-refractivity contribution in [1.82, 2.24) is 24.3 Å². The molecule has 0 saturated carbocycles. The lowest BCUT2D eigenvalue weighted by atomic mass is 10.0. The van der Waals surface area contributed by atoms with Gasteiger partial charge in [-0.1, -0.05) is 43.1 Å². The number of thioether (sulfide) groups is 2. The van der Waals surface area contributed by atoms with Gasteiger partial charge in [0.2, 0.25) is 17.8 Å². The number of primary amides is 1. The van der Waals surface area contributed by atoms with Gasteiger partial charge in [-0.3, -0.25) is 24.1 Å². The molecule has 20 heteroatoms. The van der Waals surface area contributed by atoms with Crippen molar-refractivity contribution < 1.29 is 33.9 Å². The molecular formula is C41H63N11O7S2. The van der Waals surface area contributed by atoms with Crippen LogP contribution in [0.2, 0.25) is 0 Å². The summed E-state index contributed by atoms with van der Waals surface area (Å²) in [6, 6.07) is 6.78. The van der Waals surface area contributed by atoms with E-state index in [0.717, 1.165) is 62.3 Å². The molecule has 1 aliphatic rings. The highest BCUT2D eigenvalue weighted by Gasteiger charge is 2.22. The molecule has 1 aromatic carbocycles. The highest BCUT2D eigenvalue weighted by molar-refractivity contribution is 8.01. The zero-order chi connectivity index (χ0) is 44.1. The molecule has 1 saturated heterocycles. The number of aryl methyl sites for hydroxylation is 1. The number of nitrogens with two attached hydrogens (primary N) is 4. The van der Waals surface area contributed by atoms with Gasteiger partial charge < -0.3 is 52.4 Å². The van der Waals surface area contributed by atoms with Gasteiger partial charge in [0.15, 0.2) is 18.2 Å². The molecule has 2 atom stereocenters. The number of carbonyl (C=O) groups excluding carboxylic acids is 3. The molecule has 4 rings (SSSR count). The molecule has 0 aliphatic carbocycles. The van der Waals surface area contributed by atoms with Gasteiger partial charge in [-0.2, -0.15) is 28.5 Å². The summed E-state index contributed by atoms with van der Waals surface area (Å²) >= 11 is 2.59. The molecular weight excluding hydrogens is 823 g/mol. The van der Waals surface area contributed by atoms with Crippen LogP contribution in [0.5, 0.6) is 0 Å². The summed E-state index contributed by atoms with van der Waals surface area (Å²) in [5.41, 5.74) is 28.5. The van der Waals surface area contributed by atoms with E-state index < -0.39 is 24.0 Å². The molecule has 2 amide bonds. The Bertz CT molecular complexity index is 1900. The van der Waals surface area contributed by atoms with Gasteiger partial charge in [-0.05, 0) is 42.5 Å². The smallest absolute Gasteiger partial charge is 0.321 e. The monoisotopic (exact) mass is 885 g/mol. The van der Waals surface area contributed by atoms with Crippen molar-refractivity contribution in [1.29, 1.82) is 0 Å². The van der Waals surface area contributed by atoms with Crippen molar-refractivity contribution >= 4 is 75.6 Å². The first-order valence-corrected chi connectivity index (χ1v) is 23.1. The number of hydrogen-bond donors (Lipinski definition) is 6. The Hall–Kier alpha value is -4.47. The van der Waals surface area contributed by atoms with Crippen molar-refractivity contribution in [3.63, 3.8) is 0 Å². The number of nitrogen functional groups attached to an aromatic ring is 1. The number of unbranched alkanes of at least 4 members (excludes halogenated alkanes) is 2. The normalized spacial score (nSPS) is 14.6. The summed E-state index contributed by atoms with van der Waals surface area (Å²) in [6.07, 6.45) is 6.38. The second kappa shape index (κ2) is 26.1. The van der Waals surface area contributed by atoms with Crippen LogP contribution in [-0.4, -0.2) is 146 Å². The van der Waals surface area contributed by atoms with E-state index in [1.807, 2.05) is 17.2 Å². The summed E-state index contributed by atoms with van der Waals surface area (Å²) < 4.78 is 7.84. The number of piperazine rings is 1. The number of anilines is 2. The SMILES string of the molecule is CCCCCNc1nc(N)nc2ccn(Cc3ccc(CN4CCN(C(=O)CCOCCCC(=O)CON=C(CSC[C@H](N)C(N)=O)CSC[C@H](N)C(=O)O)CC4)cc3C)c12. The maximum atomic E-state index is 12.9. The third-order valence-corrected chi connectivity index (χ3v) is 12.3. The number of nitrogens with zero attached hydrogens (tertiary/aromatic N) is 6. The van der Waals surface area contributed by atoms with Crippen molar-refractivity contribution in [2.75, 3.05) is 86.6 Å². The van der Waals surface area contributed by atoms with E-state index in [1.54, 1.807) is 0 Å². The van der Waals surface area contributed by atoms with Crippen LogP contribution < -0.4 is 28.3 Å². The quantitative estimate of drug-likeness (QED) is 0.0332. The van der Waals surface area contributed by atoms with Crippen LogP contribution in [0.1, 0.15) is 62.1 Å². The summed E-state index contributed by atoms with van der Waals surface area (Å²) in [5.74, 6) is 0.313. The van der Waals surface area contributed by atoms with Gasteiger partial charge in [0.1, 0.15) is 11.6 Å². The Labute approximate surface area is 366 Å². The molecule has 61 heavy (non-hydrogen) atoms. The maximum Gasteiger partial charge on any atom is 0.321 e. The van der Waals surface area contributed by atoms with Crippen LogP contribution in [0, 0.1) is 6.92 Å². The molecule has 18 nitrogen and oxygen atoms in total. The molecule has 0 unspecified atom stereocenters. The second-order valence-electron chi connectivity index (χ2n) is 15.1. The molecule has 0 spiro atoms. The molecule has 1 aliphatic heterocycles. The fourth-order valence-electron chi connectivity index (χ4n) is 6.51. The minimum absolute atomic E-state index is 0.0563. The van der Waals surface area contributed by atoms with Crippen molar-refractivity contribution in [3.05, 3.63) is 47.2 Å². The molecule has 2 aromatic heterocycles. The Morgan fingerprint density at radius 2 is 1.69 bits per heavy atom. The first-order valence-electron chi connectivity index (χ1n) is 20.7. The average Bonchev–Trinajstić information content (AvgIpc) is 3.63. The third-order valence-electron chi connectivity index (χ3n) is 10.0. The van der Waals surface area contributed by atoms with Crippen LogP contribution in [0.15, 0.2) is 35.6 Å². The van der Waals surface area contributed by atoms with Gasteiger partial charge in [0, 0.05) is 88.0 Å². The van der Waals surface area contributed by atoms with Crippen LogP contribution >= 0.6 is 23.5 Å². The number of Topliss-reactive ketones (excluding diaryl/α,β-unsaturated/α-hetero) is 1. The highest BCUT2D eigenvalue weighted by atomic mass is 32.2. The Morgan fingerprint density at radius 1 is 0.951 bits per heavy atom. The summed E-state index contributed by atoms with van der Waals surface area (Å²) in [7, 11) is 0. The first kappa shape index (κ1) is 49.2.